The van der Waals surface area contributed by atoms with E-state index in [0.717, 1.165) is 36.4 Å². The van der Waals surface area contributed by atoms with Crippen molar-refractivity contribution in [1.29, 1.82) is 0 Å². The Hall–Kier alpha value is -3.89. The number of alkyl halides is 3. The van der Waals surface area contributed by atoms with Crippen molar-refractivity contribution in [2.75, 3.05) is 7.05 Å². The van der Waals surface area contributed by atoms with Gasteiger partial charge in [0.05, 0.1) is 5.56 Å². The molecule has 0 bridgehead atoms. The molecular formula is C20H15F5N2O4. The molecule has 0 unspecified atom stereocenters. The normalized spacial score (nSPS) is 11.9. The molecule has 2 aromatic carbocycles. The molecule has 31 heavy (non-hydrogen) atoms. The lowest BCUT2D eigenvalue weighted by molar-refractivity contribution is -0.274. The Morgan fingerprint density at radius 3 is 2.35 bits per heavy atom. The molecule has 1 amide bonds. The van der Waals surface area contributed by atoms with Crippen molar-refractivity contribution in [1.82, 2.24) is 10.6 Å². The fraction of sp³-hybridized carbons (Fsp3) is 0.100. The van der Waals surface area contributed by atoms with E-state index in [1.165, 1.54) is 12.3 Å². The maximum absolute atomic E-state index is 13.9. The summed E-state index contributed by atoms with van der Waals surface area (Å²) in [6.07, 6.45) is -1.06. The third-order valence-corrected chi connectivity index (χ3v) is 3.50. The topological polar surface area (TPSA) is 76.7 Å². The SMILES string of the molecule is CN/C=C\C(=C/C=O)NC(=O)c1cc(OC(F)(F)F)ccc1Oc1c(F)cccc1F. The number of rotatable bonds is 8. The van der Waals surface area contributed by atoms with Crippen LogP contribution in [0.1, 0.15) is 10.4 Å². The summed E-state index contributed by atoms with van der Waals surface area (Å²) < 4.78 is 74.4. The molecule has 0 aliphatic rings. The van der Waals surface area contributed by atoms with Crippen molar-refractivity contribution in [2.24, 2.45) is 0 Å². The highest BCUT2D eigenvalue weighted by atomic mass is 19.4. The van der Waals surface area contributed by atoms with Crippen LogP contribution in [0.4, 0.5) is 22.0 Å². The monoisotopic (exact) mass is 442 g/mol. The lowest BCUT2D eigenvalue weighted by atomic mass is 10.1. The van der Waals surface area contributed by atoms with Gasteiger partial charge in [-0.15, -0.1) is 13.2 Å². The van der Waals surface area contributed by atoms with Crippen molar-refractivity contribution in [3.63, 3.8) is 0 Å². The van der Waals surface area contributed by atoms with Gasteiger partial charge in [-0.2, -0.15) is 0 Å². The average Bonchev–Trinajstić information content (AvgIpc) is 2.68. The molecule has 0 saturated heterocycles. The van der Waals surface area contributed by atoms with Gasteiger partial charge in [0.15, 0.2) is 17.4 Å². The minimum absolute atomic E-state index is 0.0282. The zero-order chi connectivity index (χ0) is 23.0. The number of halogens is 5. The van der Waals surface area contributed by atoms with E-state index in [2.05, 4.69) is 15.4 Å². The molecule has 0 aliphatic heterocycles. The van der Waals surface area contributed by atoms with Gasteiger partial charge >= 0.3 is 6.36 Å². The lowest BCUT2D eigenvalue weighted by Crippen LogP contribution is -2.23. The van der Waals surface area contributed by atoms with Gasteiger partial charge in [0.2, 0.25) is 0 Å². The molecule has 6 nitrogen and oxygen atoms in total. The van der Waals surface area contributed by atoms with Gasteiger partial charge in [0.25, 0.3) is 5.91 Å². The summed E-state index contributed by atoms with van der Waals surface area (Å²) in [5, 5.41) is 4.89. The third-order valence-electron chi connectivity index (χ3n) is 3.50. The molecule has 0 aromatic heterocycles. The molecule has 2 N–H and O–H groups in total. The van der Waals surface area contributed by atoms with Crippen LogP contribution in [0.25, 0.3) is 0 Å². The van der Waals surface area contributed by atoms with Gasteiger partial charge < -0.3 is 20.1 Å². The highest BCUT2D eigenvalue weighted by molar-refractivity contribution is 5.99. The molecule has 0 aliphatic carbocycles. The first-order valence-electron chi connectivity index (χ1n) is 8.47. The summed E-state index contributed by atoms with van der Waals surface area (Å²) in [6.45, 7) is 0. The van der Waals surface area contributed by atoms with Crippen LogP contribution in [-0.4, -0.2) is 25.6 Å². The molecule has 0 radical (unpaired) electrons. The Labute approximate surface area is 173 Å². The number of nitrogens with one attached hydrogen (secondary N) is 2. The fourth-order valence-corrected chi connectivity index (χ4v) is 2.25. The van der Waals surface area contributed by atoms with Gasteiger partial charge in [0, 0.05) is 18.8 Å². The summed E-state index contributed by atoms with van der Waals surface area (Å²) in [4.78, 5) is 23.4. The van der Waals surface area contributed by atoms with Crippen LogP contribution in [0, 0.1) is 11.6 Å². The van der Waals surface area contributed by atoms with E-state index >= 15 is 0 Å². The predicted octanol–water partition coefficient (Wildman–Crippen LogP) is 4.20. The van der Waals surface area contributed by atoms with Gasteiger partial charge in [-0.05, 0) is 42.6 Å². The van der Waals surface area contributed by atoms with Gasteiger partial charge in [-0.25, -0.2) is 8.78 Å². The molecule has 0 fully saturated rings. The van der Waals surface area contributed by atoms with E-state index in [4.69, 9.17) is 4.74 Å². The number of hydrogen-bond acceptors (Lipinski definition) is 5. The van der Waals surface area contributed by atoms with Crippen LogP contribution >= 0.6 is 0 Å². The van der Waals surface area contributed by atoms with Crippen molar-refractivity contribution in [3.8, 4) is 17.2 Å². The van der Waals surface area contributed by atoms with E-state index < -0.39 is 46.7 Å². The summed E-state index contributed by atoms with van der Waals surface area (Å²) in [6, 6.07) is 5.24. The van der Waals surface area contributed by atoms with Crippen LogP contribution in [0.15, 0.2) is 60.4 Å². The largest absolute Gasteiger partial charge is 0.573 e. The van der Waals surface area contributed by atoms with Crippen LogP contribution in [-0.2, 0) is 4.79 Å². The zero-order valence-electron chi connectivity index (χ0n) is 15.8. The number of benzene rings is 2. The Balaban J connectivity index is 2.48. The summed E-state index contributed by atoms with van der Waals surface area (Å²) in [5.41, 5.74) is -0.571. The number of carbonyl (C=O) groups is 2. The second-order valence-electron chi connectivity index (χ2n) is 5.69. The summed E-state index contributed by atoms with van der Waals surface area (Å²) >= 11 is 0. The van der Waals surface area contributed by atoms with Crippen molar-refractivity contribution in [3.05, 3.63) is 77.6 Å². The van der Waals surface area contributed by atoms with E-state index in [9.17, 15) is 31.5 Å². The van der Waals surface area contributed by atoms with Crippen LogP contribution < -0.4 is 20.1 Å². The van der Waals surface area contributed by atoms with Crippen LogP contribution in [0.3, 0.4) is 0 Å². The molecule has 2 rings (SSSR count). The van der Waals surface area contributed by atoms with E-state index in [0.29, 0.717) is 12.4 Å². The highest BCUT2D eigenvalue weighted by Gasteiger charge is 2.32. The minimum atomic E-state index is -5.05. The average molecular weight is 442 g/mol. The maximum Gasteiger partial charge on any atom is 0.573 e. The number of ether oxygens (including phenoxy) is 2. The fourth-order valence-electron chi connectivity index (χ4n) is 2.25. The molecule has 0 saturated carbocycles. The standard InChI is InChI=1S/C20H15F5N2O4/c1-26-9-7-12(8-10-28)27-19(29)14-11-13(31-20(23,24)25)5-6-17(14)30-18-15(21)3-2-4-16(18)22/h2-11,26H,1H3,(H,27,29)/b9-7-,12-8+. The molecule has 2 aromatic rings. The second-order valence-corrected chi connectivity index (χ2v) is 5.69. The summed E-state index contributed by atoms with van der Waals surface area (Å²) in [5.74, 6) is -5.32. The zero-order valence-corrected chi connectivity index (χ0v) is 15.8. The Kier molecular flexibility index (Phi) is 7.72. The highest BCUT2D eigenvalue weighted by Crippen LogP contribution is 2.33. The number of aldehydes is 1. The first-order chi connectivity index (χ1) is 14.6. The van der Waals surface area contributed by atoms with E-state index in [1.54, 1.807) is 7.05 Å². The van der Waals surface area contributed by atoms with Crippen molar-refractivity contribution >= 4 is 12.2 Å². The van der Waals surface area contributed by atoms with Gasteiger partial charge in [-0.1, -0.05) is 6.07 Å². The predicted molar refractivity (Wildman–Crippen MR) is 99.4 cm³/mol. The molecule has 0 spiro atoms. The van der Waals surface area contributed by atoms with Crippen LogP contribution in [0.2, 0.25) is 0 Å². The Morgan fingerprint density at radius 1 is 1.10 bits per heavy atom. The number of carbonyl (C=O) groups excluding carboxylic acids is 2. The number of hydrogen-bond donors (Lipinski definition) is 2. The lowest BCUT2D eigenvalue weighted by Gasteiger charge is -2.15. The molecule has 0 atom stereocenters. The second kappa shape index (κ2) is 10.2. The van der Waals surface area contributed by atoms with Crippen molar-refractivity contribution < 1.29 is 41.0 Å². The van der Waals surface area contributed by atoms with Crippen molar-refractivity contribution in [2.45, 2.75) is 6.36 Å². The molecule has 0 heterocycles. The maximum atomic E-state index is 13.9. The number of para-hydroxylation sites is 1. The van der Waals surface area contributed by atoms with E-state index in [-0.39, 0.29) is 5.70 Å². The first kappa shape index (κ1) is 23.4. The number of allylic oxidation sites excluding steroid dienone is 2. The molecule has 11 heteroatoms. The Bertz CT molecular complexity index is 999. The smallest absolute Gasteiger partial charge is 0.450 e. The molecule has 164 valence electrons. The molecular weight excluding hydrogens is 427 g/mol. The van der Waals surface area contributed by atoms with Gasteiger partial charge in [-0.3, -0.25) is 9.59 Å². The quantitative estimate of drug-likeness (QED) is 0.277. The minimum Gasteiger partial charge on any atom is -0.450 e. The number of amides is 1. The first-order valence-corrected chi connectivity index (χ1v) is 8.47. The van der Waals surface area contributed by atoms with Gasteiger partial charge in [0.1, 0.15) is 17.8 Å². The summed E-state index contributed by atoms with van der Waals surface area (Å²) in [7, 11) is 1.55. The third kappa shape index (κ3) is 6.84. The van der Waals surface area contributed by atoms with Crippen LogP contribution in [0.5, 0.6) is 17.2 Å². The Morgan fingerprint density at radius 2 is 1.77 bits per heavy atom. The van der Waals surface area contributed by atoms with E-state index in [1.807, 2.05) is 0 Å².